The summed E-state index contributed by atoms with van der Waals surface area (Å²) in [5, 5.41) is 81.2. The van der Waals surface area contributed by atoms with E-state index in [1.807, 2.05) is 121 Å². The Bertz CT molecular complexity index is 5590. The van der Waals surface area contributed by atoms with Gasteiger partial charge in [0.1, 0.15) is 86.8 Å². The van der Waals surface area contributed by atoms with Crippen molar-refractivity contribution in [3.05, 3.63) is 248 Å². The minimum Gasteiger partial charge on any atom is -0.463 e. The molecule has 8 fully saturated rings. The van der Waals surface area contributed by atoms with Crippen LogP contribution in [0.2, 0.25) is 0 Å². The van der Waals surface area contributed by atoms with E-state index in [2.05, 4.69) is 100 Å². The molecule has 6 saturated heterocycles. The van der Waals surface area contributed by atoms with Crippen LogP contribution in [0.3, 0.4) is 0 Å². The fourth-order valence-electron chi connectivity index (χ4n) is 18.2. The highest BCUT2D eigenvalue weighted by molar-refractivity contribution is 5.69. The molecule has 34 atom stereocenters. The maximum absolute atomic E-state index is 13.8. The van der Waals surface area contributed by atoms with Gasteiger partial charge in [0.15, 0.2) is 56.1 Å². The molecule has 0 radical (unpaired) electrons. The summed E-state index contributed by atoms with van der Waals surface area (Å²) in [7, 11) is 2.53. The molecule has 12 rings (SSSR count). The Hall–Kier alpha value is -14.3. The summed E-state index contributed by atoms with van der Waals surface area (Å²) in [6.07, 6.45) is -39.9. The van der Waals surface area contributed by atoms with Crippen molar-refractivity contribution >= 4 is 36.1 Å². The molecule has 4 N–H and O–H groups in total. The second-order valence-electron chi connectivity index (χ2n) is 34.4. The van der Waals surface area contributed by atoms with E-state index in [4.69, 9.17) is 100 Å². The second kappa shape index (κ2) is 57.7. The average Bonchev–Trinajstić information content (AvgIpc) is 1.58. The van der Waals surface area contributed by atoms with Crippen molar-refractivity contribution in [3.8, 4) is 0 Å². The molecule has 8 aliphatic rings. The second-order valence-corrected chi connectivity index (χ2v) is 34.4. The zero-order chi connectivity index (χ0) is 106. The first-order chi connectivity index (χ1) is 71.7. The van der Waals surface area contributed by atoms with Gasteiger partial charge in [-0.3, -0.25) is 19.2 Å². The number of esters is 4. The van der Waals surface area contributed by atoms with E-state index in [0.717, 1.165) is 49.9 Å². The monoisotopic (exact) mass is 2070 g/mol. The van der Waals surface area contributed by atoms with Gasteiger partial charge in [0.2, 0.25) is 0 Å². The molecule has 4 aromatic carbocycles. The fraction of sp³-hybridized carbons (Fsp3) is 0.651. The van der Waals surface area contributed by atoms with Crippen molar-refractivity contribution < 1.29 is 144 Å². The van der Waals surface area contributed by atoms with E-state index in [0.29, 0.717) is 6.42 Å². The average molecular weight is 2070 g/mol. The highest BCUT2D eigenvalue weighted by Crippen LogP contribution is 2.44. The van der Waals surface area contributed by atoms with E-state index in [9.17, 15) is 99.0 Å². The number of carbonyl (C=O) groups excluding carboxylic acids is 6. The van der Waals surface area contributed by atoms with Gasteiger partial charge >= 0.3 is 36.1 Å². The van der Waals surface area contributed by atoms with Crippen molar-refractivity contribution in [2.24, 2.45) is 51.1 Å². The molecule has 148 heavy (non-hydrogen) atoms. The molecular formula is C86H108N32O30. The van der Waals surface area contributed by atoms with Crippen molar-refractivity contribution in [2.75, 3.05) is 53.6 Å². The number of azide groups is 10. The lowest BCUT2D eigenvalue weighted by Gasteiger charge is -2.46. The molecule has 2 aliphatic carbocycles. The van der Waals surface area contributed by atoms with Gasteiger partial charge in [0.25, 0.3) is 0 Å². The number of rotatable bonds is 44. The largest absolute Gasteiger partial charge is 0.463 e. The maximum Gasteiger partial charge on any atom is 0.410 e. The summed E-state index contributed by atoms with van der Waals surface area (Å²) < 4.78 is 121. The number of carbonyl (C=O) groups is 6. The number of methoxy groups -OCH3 is 2. The molecule has 62 heteroatoms. The van der Waals surface area contributed by atoms with Gasteiger partial charge in [0, 0.05) is 104 Å². The summed E-state index contributed by atoms with van der Waals surface area (Å²) in [6.45, 7) is 1.86. The molecular weight excluding hydrogens is 1960 g/mol. The van der Waals surface area contributed by atoms with Gasteiger partial charge in [-0.1, -0.05) is 172 Å². The van der Waals surface area contributed by atoms with Crippen molar-refractivity contribution in [3.63, 3.8) is 0 Å². The SMILES string of the molecule is CO[C@@H]1[C@@H](O[C@@H]2O[C@H](CO)[C@@H](O[C@H]3O[C@@H](CN=[N+]=[N-])[C@@H](O)[C@H](O)[C@H]3N=[N+]=[N-])[C@H]2O)[C@H](O[C@H]2O[C@H](CN(Cc3ccccc3)C(=O)OCc3ccccc3)CC[C@H]2N=[N+]=[N-])[C@@H](N=[N+]=[N-])C[C@H]1N=[N+]=[N-].CO[C@@H]1[C@@H](O[C@@H]2O[C@H](COC(C)=O)[C@@H](O[C@H]3O[C@@H](CN=[N+]=[N-])[C@@H](OC(C)=O)[C@H](OC(C)=O)[C@H]3N=[N+]=[N-])[C@H]2OC(C)=O)[C@H](O[C@H]2O[C@H](CN(Cc3ccccc3)C(=O)OCc3ccccc3)CC[C@H]2N=[N+]=[N-])[C@@H](N=[N+]=[N-])C[C@H]1N=[N+]=[N-]. The zero-order valence-electron chi connectivity index (χ0n) is 80.2. The summed E-state index contributed by atoms with van der Waals surface area (Å²) in [6, 6.07) is 26.5. The Morgan fingerprint density at radius 2 is 0.703 bits per heavy atom. The number of hydrogen-bond acceptors (Lipinski definition) is 40. The lowest BCUT2D eigenvalue weighted by atomic mass is 9.84. The molecule has 792 valence electrons. The van der Waals surface area contributed by atoms with Crippen LogP contribution < -0.4 is 0 Å². The maximum atomic E-state index is 13.8. The third-order valence-electron chi connectivity index (χ3n) is 24.7. The van der Waals surface area contributed by atoms with Crippen LogP contribution in [-0.2, 0) is 140 Å². The van der Waals surface area contributed by atoms with Gasteiger partial charge in [0.05, 0.1) is 118 Å². The molecule has 4 aromatic rings. The minimum absolute atomic E-state index is 0.00501. The van der Waals surface area contributed by atoms with Crippen LogP contribution >= 0.6 is 0 Å². The molecule has 2 amide bonds. The summed E-state index contributed by atoms with van der Waals surface area (Å²) in [5.74, 6) is -3.59. The van der Waals surface area contributed by atoms with Gasteiger partial charge < -0.3 is 125 Å². The van der Waals surface area contributed by atoms with Crippen LogP contribution in [0, 0.1) is 0 Å². The third kappa shape index (κ3) is 31.2. The first kappa shape index (κ1) is 114. The topological polar surface area (TPSA) is 862 Å². The molecule has 0 spiro atoms. The predicted octanol–water partition coefficient (Wildman–Crippen LogP) is 11.2. The Kier molecular flexibility index (Phi) is 44.4. The standard InChI is InChI=1S/C47H58N16O17.C39H50N16O13/c1-24(64)70-23-35-40(79-45-36(57-62-52)41(73-26(3)66)39(72-25(2)65)34(76-45)19-53-58-48)43(74-27(4)67)46(77-35)80-42-37(69-5)32(55-60-50)18-33(56-61-51)38(42)78-44-31(54-59-49)17-16-30(75-44)21-63(20-28-12-8-6-9-13-28)47(68)71-22-29-14-10-7-11-15-29;1-61-32-24(47-52-42)14-25(48-53-43)33(35(32)68-38-31(59)34(27(18-56)65-38)67-37-28(49-54-44)30(58)29(57)26(64-37)15-45-50-40)66-36-23(46-51-41)13-12-22(63-36)17-55(16-20-8-4-2-5-9-20)39(60)62-19-21-10-6-3-7-11-21/h6-15,30-46H,16-23H2,1-5H3;2-11,22-38,56-59H,12-19H2,1H3/t30-,31+,32+,33-,34-,35+,36+,37-,38+,39+,40+,41+,42+,43+,44+,45+,46-;22-,23+,24+,25-,26-,27+,28+,29+,30+,31+,32-,33+,34+,35+,36+,37+,38-/m00/s1. The first-order valence-corrected chi connectivity index (χ1v) is 46.2. The van der Waals surface area contributed by atoms with Crippen LogP contribution in [0.25, 0.3) is 104 Å². The normalized spacial score (nSPS) is 32.3. The molecule has 6 aliphatic heterocycles. The van der Waals surface area contributed by atoms with Crippen LogP contribution in [0.5, 0.6) is 0 Å². The van der Waals surface area contributed by atoms with Gasteiger partial charge in [-0.2, -0.15) is 0 Å². The Morgan fingerprint density at radius 1 is 0.338 bits per heavy atom. The van der Waals surface area contributed by atoms with E-state index in [-0.39, 0.29) is 71.5 Å². The number of amides is 2. The number of ether oxygens (including phenoxy) is 20. The number of aliphatic hydroxyl groups excluding tert-OH is 4. The lowest BCUT2D eigenvalue weighted by molar-refractivity contribution is -0.293. The number of hydrogen-bond donors (Lipinski definition) is 4. The summed E-state index contributed by atoms with van der Waals surface area (Å²) in [5.41, 5.74) is 98.6. The molecule has 0 aromatic heterocycles. The fourth-order valence-corrected chi connectivity index (χ4v) is 18.2. The first-order valence-electron chi connectivity index (χ1n) is 46.2. The van der Waals surface area contributed by atoms with E-state index in [1.54, 1.807) is 0 Å². The van der Waals surface area contributed by atoms with Crippen LogP contribution in [-0.4, -0.2) is 328 Å². The Balaban J connectivity index is 0.000000285. The van der Waals surface area contributed by atoms with Gasteiger partial charge in [-0.05, 0) is 116 Å². The van der Waals surface area contributed by atoms with E-state index in [1.165, 1.54) is 24.0 Å². The smallest absolute Gasteiger partial charge is 0.410 e. The number of nitrogens with zero attached hydrogens (tertiary/aromatic N) is 32. The third-order valence-corrected chi connectivity index (χ3v) is 24.7. The van der Waals surface area contributed by atoms with Crippen LogP contribution in [0.15, 0.2) is 172 Å². The van der Waals surface area contributed by atoms with Gasteiger partial charge in [-0.25, -0.2) is 9.59 Å². The highest BCUT2D eigenvalue weighted by atomic mass is 16.8. The zero-order valence-corrected chi connectivity index (χ0v) is 80.2. The van der Waals surface area contributed by atoms with Gasteiger partial charge in [-0.15, -0.1) is 0 Å². The van der Waals surface area contributed by atoms with Crippen molar-refractivity contribution in [1.29, 1.82) is 0 Å². The Labute approximate surface area is 839 Å². The molecule has 0 unspecified atom stereocenters. The highest BCUT2D eigenvalue weighted by Gasteiger charge is 2.60. The van der Waals surface area contributed by atoms with Crippen LogP contribution in [0.4, 0.5) is 9.59 Å². The molecule has 2 saturated carbocycles. The van der Waals surface area contributed by atoms with E-state index >= 15 is 0 Å². The molecule has 0 bridgehead atoms. The minimum atomic E-state index is -1.85. The molecule has 6 heterocycles. The predicted molar refractivity (Wildman–Crippen MR) is 497 cm³/mol. The summed E-state index contributed by atoms with van der Waals surface area (Å²) in [4.78, 5) is 110. The van der Waals surface area contributed by atoms with E-state index < -0.39 is 271 Å². The van der Waals surface area contributed by atoms with Crippen molar-refractivity contribution in [1.82, 2.24) is 9.80 Å². The number of benzene rings is 4. The number of aliphatic hydroxyl groups is 4. The van der Waals surface area contributed by atoms with Crippen molar-refractivity contribution in [2.45, 2.75) is 301 Å². The summed E-state index contributed by atoms with van der Waals surface area (Å²) >= 11 is 0. The van der Waals surface area contributed by atoms with Crippen LogP contribution in [0.1, 0.15) is 88.5 Å². The quantitative estimate of drug-likeness (QED) is 0.0105. The lowest BCUT2D eigenvalue weighted by Crippen LogP contribution is -2.62. The molecule has 62 nitrogen and oxygen atoms in total. The Morgan fingerprint density at radius 3 is 1.13 bits per heavy atom.